The number of carbonyl (C=O) groups is 1. The minimum absolute atomic E-state index is 0.237. The predicted molar refractivity (Wildman–Crippen MR) is 57.9 cm³/mol. The highest BCUT2D eigenvalue weighted by molar-refractivity contribution is 5.92. The standard InChI is InChI=1S/C11H13N3O2/c1-7-10(16-8(2)14-7)11(15)13-6-9-3-4-12-5-9/h3-5,12H,6H2,1-2H3,(H,13,15). The van der Waals surface area contributed by atoms with Crippen LogP contribution in [-0.2, 0) is 6.54 Å². The number of aromatic amines is 1. The van der Waals surface area contributed by atoms with E-state index < -0.39 is 0 Å². The van der Waals surface area contributed by atoms with Crippen LogP contribution in [0.5, 0.6) is 0 Å². The van der Waals surface area contributed by atoms with E-state index in [1.54, 1.807) is 13.8 Å². The van der Waals surface area contributed by atoms with Gasteiger partial charge in [-0.25, -0.2) is 4.98 Å². The Bertz CT molecular complexity index is 485. The lowest BCUT2D eigenvalue weighted by molar-refractivity contribution is 0.0921. The Hall–Kier alpha value is -2.04. The topological polar surface area (TPSA) is 70.9 Å². The number of nitrogens with zero attached hydrogens (tertiary/aromatic N) is 1. The second-order valence-electron chi connectivity index (χ2n) is 3.55. The molecule has 0 bridgehead atoms. The van der Waals surface area contributed by atoms with Crippen molar-refractivity contribution in [3.8, 4) is 0 Å². The number of aryl methyl sites for hydroxylation is 2. The average Bonchev–Trinajstić information content (AvgIpc) is 2.84. The maximum Gasteiger partial charge on any atom is 0.289 e. The van der Waals surface area contributed by atoms with Gasteiger partial charge in [0.15, 0.2) is 5.89 Å². The van der Waals surface area contributed by atoms with Crippen molar-refractivity contribution in [3.05, 3.63) is 41.4 Å². The largest absolute Gasteiger partial charge is 0.436 e. The lowest BCUT2D eigenvalue weighted by Crippen LogP contribution is -2.22. The lowest BCUT2D eigenvalue weighted by atomic mass is 10.3. The summed E-state index contributed by atoms with van der Waals surface area (Å²) in [5.74, 6) is 0.552. The summed E-state index contributed by atoms with van der Waals surface area (Å²) in [4.78, 5) is 18.7. The summed E-state index contributed by atoms with van der Waals surface area (Å²) in [6, 6.07) is 1.90. The van der Waals surface area contributed by atoms with Gasteiger partial charge >= 0.3 is 0 Å². The highest BCUT2D eigenvalue weighted by atomic mass is 16.4. The quantitative estimate of drug-likeness (QED) is 0.822. The van der Waals surface area contributed by atoms with E-state index in [-0.39, 0.29) is 11.7 Å². The van der Waals surface area contributed by atoms with Crippen LogP contribution in [0.3, 0.4) is 0 Å². The number of rotatable bonds is 3. The number of carbonyl (C=O) groups excluding carboxylic acids is 1. The molecule has 16 heavy (non-hydrogen) atoms. The predicted octanol–water partition coefficient (Wildman–Crippen LogP) is 1.55. The van der Waals surface area contributed by atoms with Crippen LogP contribution in [-0.4, -0.2) is 15.9 Å². The molecule has 2 aromatic heterocycles. The molecule has 0 fully saturated rings. The van der Waals surface area contributed by atoms with E-state index in [0.717, 1.165) is 5.56 Å². The molecular formula is C11H13N3O2. The summed E-state index contributed by atoms with van der Waals surface area (Å²) in [6.45, 7) is 3.94. The molecule has 1 amide bonds. The molecule has 0 spiro atoms. The van der Waals surface area contributed by atoms with Gasteiger partial charge in [-0.1, -0.05) is 0 Å². The van der Waals surface area contributed by atoms with Gasteiger partial charge in [0.25, 0.3) is 5.91 Å². The molecule has 0 aliphatic heterocycles. The first-order valence-corrected chi connectivity index (χ1v) is 5.00. The second kappa shape index (κ2) is 4.22. The molecule has 0 aliphatic rings. The molecule has 2 aromatic rings. The molecule has 84 valence electrons. The Kier molecular flexibility index (Phi) is 2.76. The van der Waals surface area contributed by atoms with Gasteiger partial charge in [-0.3, -0.25) is 4.79 Å². The SMILES string of the molecule is Cc1nc(C)c(C(=O)NCc2cc[nH]c2)o1. The number of H-pyrrole nitrogens is 1. The summed E-state index contributed by atoms with van der Waals surface area (Å²) in [5, 5.41) is 2.76. The third-order valence-corrected chi connectivity index (χ3v) is 2.23. The zero-order chi connectivity index (χ0) is 11.5. The highest BCUT2D eigenvalue weighted by Crippen LogP contribution is 2.09. The van der Waals surface area contributed by atoms with Crippen molar-refractivity contribution < 1.29 is 9.21 Å². The van der Waals surface area contributed by atoms with Gasteiger partial charge in [-0.05, 0) is 18.6 Å². The van der Waals surface area contributed by atoms with Gasteiger partial charge in [0.05, 0.1) is 5.69 Å². The van der Waals surface area contributed by atoms with Crippen LogP contribution in [0.2, 0.25) is 0 Å². The van der Waals surface area contributed by atoms with Crippen molar-refractivity contribution in [1.82, 2.24) is 15.3 Å². The van der Waals surface area contributed by atoms with E-state index in [2.05, 4.69) is 15.3 Å². The van der Waals surface area contributed by atoms with Gasteiger partial charge in [-0.15, -0.1) is 0 Å². The van der Waals surface area contributed by atoms with Crippen LogP contribution in [0.25, 0.3) is 0 Å². The van der Waals surface area contributed by atoms with E-state index >= 15 is 0 Å². The maximum atomic E-state index is 11.7. The monoisotopic (exact) mass is 219 g/mol. The van der Waals surface area contributed by atoms with E-state index in [4.69, 9.17) is 4.42 Å². The first kappa shape index (κ1) is 10.5. The first-order chi connectivity index (χ1) is 7.66. The van der Waals surface area contributed by atoms with Gasteiger partial charge in [0.2, 0.25) is 5.76 Å². The van der Waals surface area contributed by atoms with Crippen molar-refractivity contribution in [2.45, 2.75) is 20.4 Å². The van der Waals surface area contributed by atoms with Crippen LogP contribution in [0, 0.1) is 13.8 Å². The van der Waals surface area contributed by atoms with Crippen molar-refractivity contribution in [2.24, 2.45) is 0 Å². The van der Waals surface area contributed by atoms with E-state index in [1.165, 1.54) is 0 Å². The summed E-state index contributed by atoms with van der Waals surface area (Å²) < 4.78 is 5.22. The van der Waals surface area contributed by atoms with Crippen LogP contribution in [0.15, 0.2) is 22.9 Å². The fourth-order valence-electron chi connectivity index (χ4n) is 1.47. The molecule has 0 aliphatic carbocycles. The third kappa shape index (κ3) is 2.13. The van der Waals surface area contributed by atoms with Crippen molar-refractivity contribution in [2.75, 3.05) is 0 Å². The molecule has 0 atom stereocenters. The van der Waals surface area contributed by atoms with E-state index in [9.17, 15) is 4.79 Å². The fourth-order valence-corrected chi connectivity index (χ4v) is 1.47. The molecule has 0 unspecified atom stereocenters. The number of nitrogens with one attached hydrogen (secondary N) is 2. The number of amides is 1. The minimum atomic E-state index is -0.237. The fraction of sp³-hybridized carbons (Fsp3) is 0.273. The highest BCUT2D eigenvalue weighted by Gasteiger charge is 2.15. The number of hydrogen-bond donors (Lipinski definition) is 2. The minimum Gasteiger partial charge on any atom is -0.436 e. The van der Waals surface area contributed by atoms with Crippen molar-refractivity contribution in [1.29, 1.82) is 0 Å². The molecule has 2 heterocycles. The van der Waals surface area contributed by atoms with E-state index in [0.29, 0.717) is 18.1 Å². The van der Waals surface area contributed by atoms with Crippen LogP contribution >= 0.6 is 0 Å². The van der Waals surface area contributed by atoms with Crippen molar-refractivity contribution >= 4 is 5.91 Å². The molecule has 0 saturated carbocycles. The number of aromatic nitrogens is 2. The molecular weight excluding hydrogens is 206 g/mol. The molecule has 5 nitrogen and oxygen atoms in total. The Balaban J connectivity index is 2.01. The number of oxazole rings is 1. The van der Waals surface area contributed by atoms with E-state index in [1.807, 2.05) is 18.5 Å². The van der Waals surface area contributed by atoms with Gasteiger partial charge in [0, 0.05) is 25.9 Å². The molecule has 0 saturated heterocycles. The summed E-state index contributed by atoms with van der Waals surface area (Å²) in [5.41, 5.74) is 1.63. The Labute approximate surface area is 92.9 Å². The molecule has 2 N–H and O–H groups in total. The van der Waals surface area contributed by atoms with Gasteiger partial charge in [0.1, 0.15) is 0 Å². The molecule has 2 rings (SSSR count). The smallest absolute Gasteiger partial charge is 0.289 e. The number of hydrogen-bond acceptors (Lipinski definition) is 3. The van der Waals surface area contributed by atoms with Crippen LogP contribution in [0.1, 0.15) is 27.7 Å². The van der Waals surface area contributed by atoms with Crippen LogP contribution < -0.4 is 5.32 Å². The Morgan fingerprint density at radius 2 is 2.38 bits per heavy atom. The normalized spacial score (nSPS) is 10.4. The average molecular weight is 219 g/mol. The summed E-state index contributed by atoms with van der Waals surface area (Å²) in [6.07, 6.45) is 3.64. The Morgan fingerprint density at radius 3 is 2.94 bits per heavy atom. The first-order valence-electron chi connectivity index (χ1n) is 5.00. The lowest BCUT2D eigenvalue weighted by Gasteiger charge is -2.00. The third-order valence-electron chi connectivity index (χ3n) is 2.23. The zero-order valence-corrected chi connectivity index (χ0v) is 9.20. The van der Waals surface area contributed by atoms with Gasteiger partial charge < -0.3 is 14.7 Å². The summed E-state index contributed by atoms with van der Waals surface area (Å²) >= 11 is 0. The molecule has 0 aromatic carbocycles. The van der Waals surface area contributed by atoms with Gasteiger partial charge in [-0.2, -0.15) is 0 Å². The second-order valence-corrected chi connectivity index (χ2v) is 3.55. The summed E-state index contributed by atoms with van der Waals surface area (Å²) in [7, 11) is 0. The Morgan fingerprint density at radius 1 is 1.56 bits per heavy atom. The zero-order valence-electron chi connectivity index (χ0n) is 9.20. The molecule has 5 heteroatoms. The maximum absolute atomic E-state index is 11.7. The van der Waals surface area contributed by atoms with Crippen LogP contribution in [0.4, 0.5) is 0 Å². The van der Waals surface area contributed by atoms with Crippen molar-refractivity contribution in [3.63, 3.8) is 0 Å². The molecule has 0 radical (unpaired) electrons.